The highest BCUT2D eigenvalue weighted by atomic mass is 16.5. The van der Waals surface area contributed by atoms with E-state index in [2.05, 4.69) is 20.8 Å². The van der Waals surface area contributed by atoms with Gasteiger partial charge in [0.05, 0.1) is 0 Å². The van der Waals surface area contributed by atoms with Crippen LogP contribution in [0.1, 0.15) is 72.1 Å². The molecular weight excluding hydrogens is 264 g/mol. The van der Waals surface area contributed by atoms with Crippen LogP contribution in [0.15, 0.2) is 18.2 Å². The maximum atomic E-state index is 9.93. The largest absolute Gasteiger partial charge is 0.504 e. The van der Waals surface area contributed by atoms with Crippen molar-refractivity contribution in [1.82, 2.24) is 0 Å². The average Bonchev–Trinajstić information content (AvgIpc) is 2.45. The minimum Gasteiger partial charge on any atom is -0.504 e. The number of aromatic hydroxyl groups is 2. The average molecular weight is 294 g/mol. The molecule has 0 radical (unpaired) electrons. The Hall–Kier alpha value is -1.38. The fourth-order valence-electron chi connectivity index (χ4n) is 2.58. The molecule has 21 heavy (non-hydrogen) atoms. The van der Waals surface area contributed by atoms with Gasteiger partial charge in [0, 0.05) is 0 Å². The molecule has 120 valence electrons. The summed E-state index contributed by atoms with van der Waals surface area (Å²) in [5, 5.41) is 19.5. The first-order valence-electron chi connectivity index (χ1n) is 8.22. The summed E-state index contributed by atoms with van der Waals surface area (Å²) in [7, 11) is 0. The van der Waals surface area contributed by atoms with Crippen LogP contribution in [-0.4, -0.2) is 15.8 Å². The summed E-state index contributed by atoms with van der Waals surface area (Å²) in [5.74, 6) is 0.0946. The molecule has 1 aromatic rings. The summed E-state index contributed by atoms with van der Waals surface area (Å²) in [5.41, 5.74) is -0.282. The lowest BCUT2D eigenvalue weighted by Crippen LogP contribution is -2.32. The van der Waals surface area contributed by atoms with Crippen LogP contribution in [0, 0.1) is 0 Å². The van der Waals surface area contributed by atoms with Crippen LogP contribution in [0.25, 0.3) is 0 Å². The van der Waals surface area contributed by atoms with Crippen LogP contribution < -0.4 is 4.74 Å². The maximum absolute atomic E-state index is 9.93. The van der Waals surface area contributed by atoms with E-state index in [0.29, 0.717) is 5.75 Å². The van der Waals surface area contributed by atoms with Crippen molar-refractivity contribution in [2.45, 2.75) is 77.7 Å². The Kier molecular flexibility index (Phi) is 7.41. The van der Waals surface area contributed by atoms with Gasteiger partial charge in [-0.2, -0.15) is 0 Å². The Morgan fingerprint density at radius 2 is 1.52 bits per heavy atom. The SMILES string of the molecule is CCCCCC(C)(CCCCC)Oc1cccc(O)c1O. The number of benzene rings is 1. The lowest BCUT2D eigenvalue weighted by Gasteiger charge is -2.31. The van der Waals surface area contributed by atoms with Crippen molar-refractivity contribution < 1.29 is 14.9 Å². The molecule has 3 heteroatoms. The quantitative estimate of drug-likeness (QED) is 0.449. The molecule has 0 aliphatic carbocycles. The molecule has 1 rings (SSSR count). The monoisotopic (exact) mass is 294 g/mol. The zero-order valence-corrected chi connectivity index (χ0v) is 13.7. The van der Waals surface area contributed by atoms with Gasteiger partial charge in [0.25, 0.3) is 0 Å². The van der Waals surface area contributed by atoms with E-state index >= 15 is 0 Å². The molecule has 0 heterocycles. The van der Waals surface area contributed by atoms with Crippen molar-refractivity contribution in [3.05, 3.63) is 18.2 Å². The van der Waals surface area contributed by atoms with E-state index in [-0.39, 0.29) is 17.1 Å². The van der Waals surface area contributed by atoms with Crippen LogP contribution in [0.5, 0.6) is 17.2 Å². The van der Waals surface area contributed by atoms with Crippen LogP contribution in [0.2, 0.25) is 0 Å². The summed E-state index contributed by atoms with van der Waals surface area (Å²) < 4.78 is 6.10. The van der Waals surface area contributed by atoms with E-state index in [1.165, 1.54) is 31.7 Å². The molecule has 0 spiro atoms. The molecule has 0 atom stereocenters. The number of ether oxygens (including phenoxy) is 1. The maximum Gasteiger partial charge on any atom is 0.200 e. The second kappa shape index (κ2) is 8.81. The fraction of sp³-hybridized carbons (Fsp3) is 0.667. The van der Waals surface area contributed by atoms with Gasteiger partial charge in [-0.3, -0.25) is 0 Å². The lowest BCUT2D eigenvalue weighted by atomic mass is 9.91. The van der Waals surface area contributed by atoms with Gasteiger partial charge in [-0.1, -0.05) is 45.6 Å². The number of phenols is 2. The summed E-state index contributed by atoms with van der Waals surface area (Å²) in [6.45, 7) is 6.49. The third-order valence-corrected chi connectivity index (χ3v) is 3.95. The zero-order valence-electron chi connectivity index (χ0n) is 13.7. The van der Waals surface area contributed by atoms with E-state index in [9.17, 15) is 10.2 Å². The smallest absolute Gasteiger partial charge is 0.200 e. The molecule has 0 aromatic heterocycles. The van der Waals surface area contributed by atoms with E-state index in [1.807, 2.05) is 0 Å². The van der Waals surface area contributed by atoms with Gasteiger partial charge in [0.1, 0.15) is 5.60 Å². The Labute approximate surface area is 129 Å². The van der Waals surface area contributed by atoms with E-state index < -0.39 is 0 Å². The molecule has 0 aliphatic heterocycles. The van der Waals surface area contributed by atoms with Gasteiger partial charge in [0.2, 0.25) is 5.75 Å². The Morgan fingerprint density at radius 1 is 0.952 bits per heavy atom. The predicted molar refractivity (Wildman–Crippen MR) is 87.1 cm³/mol. The van der Waals surface area contributed by atoms with Crippen molar-refractivity contribution in [2.75, 3.05) is 0 Å². The number of hydrogen-bond acceptors (Lipinski definition) is 3. The molecule has 0 amide bonds. The highest BCUT2D eigenvalue weighted by Gasteiger charge is 2.27. The standard InChI is InChI=1S/C18H30O3/c1-4-6-8-13-18(3,14-9-7-5-2)21-16-12-10-11-15(19)17(16)20/h10-12,19-20H,4-9,13-14H2,1-3H3. The second-order valence-corrected chi connectivity index (χ2v) is 6.09. The van der Waals surface area contributed by atoms with Gasteiger partial charge in [-0.25, -0.2) is 0 Å². The molecule has 0 saturated heterocycles. The molecule has 0 aliphatic rings. The molecular formula is C18H30O3. The van der Waals surface area contributed by atoms with Crippen LogP contribution in [0.4, 0.5) is 0 Å². The van der Waals surface area contributed by atoms with Gasteiger partial charge >= 0.3 is 0 Å². The van der Waals surface area contributed by atoms with E-state index in [4.69, 9.17) is 4.74 Å². The second-order valence-electron chi connectivity index (χ2n) is 6.09. The molecule has 1 aromatic carbocycles. The summed E-state index contributed by atoms with van der Waals surface area (Å²) in [6.07, 6.45) is 8.94. The number of para-hydroxylation sites is 1. The van der Waals surface area contributed by atoms with Crippen molar-refractivity contribution in [2.24, 2.45) is 0 Å². The van der Waals surface area contributed by atoms with E-state index in [0.717, 1.165) is 25.7 Å². The Morgan fingerprint density at radius 3 is 2.05 bits per heavy atom. The van der Waals surface area contributed by atoms with Gasteiger partial charge in [-0.15, -0.1) is 0 Å². The first-order chi connectivity index (χ1) is 10.0. The third-order valence-electron chi connectivity index (χ3n) is 3.95. The normalized spacial score (nSPS) is 11.6. The molecule has 3 nitrogen and oxygen atoms in total. The minimum absolute atomic E-state index is 0.128. The van der Waals surface area contributed by atoms with Crippen molar-refractivity contribution in [3.8, 4) is 17.2 Å². The zero-order chi connectivity index (χ0) is 15.7. The Balaban J connectivity index is 2.76. The Bertz CT molecular complexity index is 405. The van der Waals surface area contributed by atoms with Gasteiger partial charge in [-0.05, 0) is 44.7 Å². The third kappa shape index (κ3) is 5.86. The molecule has 2 N–H and O–H groups in total. The van der Waals surface area contributed by atoms with Crippen molar-refractivity contribution in [1.29, 1.82) is 0 Å². The number of hydrogen-bond donors (Lipinski definition) is 2. The summed E-state index contributed by atoms with van der Waals surface area (Å²) in [4.78, 5) is 0. The van der Waals surface area contributed by atoms with Crippen LogP contribution in [0.3, 0.4) is 0 Å². The molecule has 0 bridgehead atoms. The first kappa shape index (κ1) is 17.7. The minimum atomic E-state index is -0.282. The number of rotatable bonds is 10. The molecule has 0 unspecified atom stereocenters. The van der Waals surface area contributed by atoms with Crippen molar-refractivity contribution >= 4 is 0 Å². The number of unbranched alkanes of at least 4 members (excludes halogenated alkanes) is 4. The highest BCUT2D eigenvalue weighted by Crippen LogP contribution is 2.38. The fourth-order valence-corrected chi connectivity index (χ4v) is 2.58. The van der Waals surface area contributed by atoms with Gasteiger partial charge < -0.3 is 14.9 Å². The van der Waals surface area contributed by atoms with Crippen molar-refractivity contribution in [3.63, 3.8) is 0 Å². The van der Waals surface area contributed by atoms with Crippen LogP contribution in [-0.2, 0) is 0 Å². The van der Waals surface area contributed by atoms with Gasteiger partial charge in [0.15, 0.2) is 11.5 Å². The predicted octanol–water partition coefficient (Wildman–Crippen LogP) is 5.40. The lowest BCUT2D eigenvalue weighted by molar-refractivity contribution is 0.0605. The molecule has 0 fully saturated rings. The number of phenolic OH excluding ortho intramolecular Hbond substituents is 2. The highest BCUT2D eigenvalue weighted by molar-refractivity contribution is 5.49. The van der Waals surface area contributed by atoms with Crippen LogP contribution >= 0.6 is 0 Å². The molecule has 0 saturated carbocycles. The van der Waals surface area contributed by atoms with E-state index in [1.54, 1.807) is 12.1 Å². The summed E-state index contributed by atoms with van der Waals surface area (Å²) in [6, 6.07) is 4.88. The topological polar surface area (TPSA) is 49.7 Å². The first-order valence-corrected chi connectivity index (χ1v) is 8.22. The summed E-state index contributed by atoms with van der Waals surface area (Å²) >= 11 is 0.